The van der Waals surface area contributed by atoms with Crippen molar-refractivity contribution in [2.24, 2.45) is 0 Å². The van der Waals surface area contributed by atoms with Crippen LogP contribution in [0.25, 0.3) is 0 Å². The second-order valence-electron chi connectivity index (χ2n) is 5.24. The summed E-state index contributed by atoms with van der Waals surface area (Å²) in [4.78, 5) is 11.9. The molecule has 1 aliphatic rings. The molecule has 0 radical (unpaired) electrons. The molecule has 0 aliphatic carbocycles. The van der Waals surface area contributed by atoms with Gasteiger partial charge < -0.3 is 10.6 Å². The number of nitrogens with one attached hydrogen (secondary N) is 2. The molecule has 2 N–H and O–H groups in total. The van der Waals surface area contributed by atoms with Crippen molar-refractivity contribution in [3.05, 3.63) is 34.3 Å². The Morgan fingerprint density at radius 2 is 2.11 bits per heavy atom. The number of benzene rings is 1. The Labute approximate surface area is 123 Å². The zero-order valence-corrected chi connectivity index (χ0v) is 12.9. The molecule has 1 aromatic rings. The minimum absolute atomic E-state index is 0.0343. The number of amides is 1. The fourth-order valence-corrected chi connectivity index (χ4v) is 2.74. The third-order valence-corrected chi connectivity index (χ3v) is 4.00. The van der Waals surface area contributed by atoms with Crippen molar-refractivity contribution < 1.29 is 4.79 Å². The lowest BCUT2D eigenvalue weighted by molar-refractivity contribution is -0.123. The van der Waals surface area contributed by atoms with Gasteiger partial charge in [0.25, 0.3) is 0 Å². The van der Waals surface area contributed by atoms with Crippen LogP contribution in [0.1, 0.15) is 31.7 Å². The van der Waals surface area contributed by atoms with E-state index in [0.29, 0.717) is 6.04 Å². The average molecular weight is 325 g/mol. The van der Waals surface area contributed by atoms with Crippen molar-refractivity contribution in [2.75, 3.05) is 6.54 Å². The Kier molecular flexibility index (Phi) is 5.40. The molecule has 2 unspecified atom stereocenters. The van der Waals surface area contributed by atoms with E-state index in [1.807, 2.05) is 0 Å². The highest BCUT2D eigenvalue weighted by molar-refractivity contribution is 9.10. The third kappa shape index (κ3) is 4.62. The summed E-state index contributed by atoms with van der Waals surface area (Å²) in [5.41, 5.74) is 1.29. The van der Waals surface area contributed by atoms with Crippen LogP contribution in [-0.4, -0.2) is 24.5 Å². The highest BCUT2D eigenvalue weighted by atomic mass is 79.9. The summed E-state index contributed by atoms with van der Waals surface area (Å²) in [7, 11) is 0. The van der Waals surface area contributed by atoms with Crippen LogP contribution in [0.4, 0.5) is 0 Å². The van der Waals surface area contributed by atoms with Crippen molar-refractivity contribution >= 4 is 21.8 Å². The quantitative estimate of drug-likeness (QED) is 0.894. The van der Waals surface area contributed by atoms with Gasteiger partial charge in [-0.15, -0.1) is 0 Å². The summed E-state index contributed by atoms with van der Waals surface area (Å²) < 4.78 is 1.10. The monoisotopic (exact) mass is 324 g/mol. The van der Waals surface area contributed by atoms with E-state index in [1.165, 1.54) is 5.56 Å². The van der Waals surface area contributed by atoms with Gasteiger partial charge in [0.05, 0.1) is 6.04 Å². The van der Waals surface area contributed by atoms with Crippen LogP contribution in [0.2, 0.25) is 0 Å². The Balaban J connectivity index is 1.87. The van der Waals surface area contributed by atoms with Gasteiger partial charge in [-0.05, 0) is 50.3 Å². The number of carbonyl (C=O) groups excluding carboxylic acids is 1. The Morgan fingerprint density at radius 1 is 1.37 bits per heavy atom. The maximum absolute atomic E-state index is 11.9. The van der Waals surface area contributed by atoms with Gasteiger partial charge in [0.2, 0.25) is 5.91 Å². The lowest BCUT2D eigenvalue weighted by atomic mass is 10.0. The highest BCUT2D eigenvalue weighted by Crippen LogP contribution is 2.13. The van der Waals surface area contributed by atoms with Crippen molar-refractivity contribution in [3.63, 3.8) is 0 Å². The molecule has 104 valence electrons. The van der Waals surface area contributed by atoms with Crippen LogP contribution < -0.4 is 10.6 Å². The van der Waals surface area contributed by atoms with E-state index in [2.05, 4.69) is 57.8 Å². The molecule has 3 nitrogen and oxygen atoms in total. The van der Waals surface area contributed by atoms with Crippen LogP contribution in [-0.2, 0) is 11.2 Å². The zero-order valence-electron chi connectivity index (χ0n) is 11.3. The van der Waals surface area contributed by atoms with E-state index in [1.54, 1.807) is 0 Å². The van der Waals surface area contributed by atoms with Gasteiger partial charge in [0.15, 0.2) is 0 Å². The van der Waals surface area contributed by atoms with E-state index in [-0.39, 0.29) is 11.9 Å². The van der Waals surface area contributed by atoms with Crippen molar-refractivity contribution in [1.29, 1.82) is 0 Å². The highest BCUT2D eigenvalue weighted by Gasteiger charge is 2.21. The van der Waals surface area contributed by atoms with Gasteiger partial charge in [0, 0.05) is 17.1 Å². The molecule has 0 spiro atoms. The molecule has 19 heavy (non-hydrogen) atoms. The van der Waals surface area contributed by atoms with Crippen LogP contribution in [0.15, 0.2) is 28.7 Å². The molecule has 0 aromatic heterocycles. The molecule has 1 heterocycles. The van der Waals surface area contributed by atoms with Crippen molar-refractivity contribution in [1.82, 2.24) is 10.6 Å². The molecular weight excluding hydrogens is 304 g/mol. The molecule has 4 heteroatoms. The summed E-state index contributed by atoms with van der Waals surface area (Å²) >= 11 is 3.44. The summed E-state index contributed by atoms with van der Waals surface area (Å²) in [6.07, 6.45) is 4.08. The van der Waals surface area contributed by atoms with E-state index in [9.17, 15) is 4.79 Å². The molecule has 0 saturated carbocycles. The van der Waals surface area contributed by atoms with Crippen molar-refractivity contribution in [3.8, 4) is 0 Å². The molecule has 1 fully saturated rings. The first-order valence-electron chi connectivity index (χ1n) is 6.93. The van der Waals surface area contributed by atoms with Crippen LogP contribution in [0.5, 0.6) is 0 Å². The maximum Gasteiger partial charge on any atom is 0.237 e. The largest absolute Gasteiger partial charge is 0.355 e. The average Bonchev–Trinajstić information content (AvgIpc) is 2.58. The predicted octanol–water partition coefficient (Wildman–Crippen LogP) is 2.64. The Morgan fingerprint density at radius 3 is 2.84 bits per heavy atom. The molecule has 2 rings (SSSR count). The molecule has 1 aliphatic heterocycles. The first-order chi connectivity index (χ1) is 9.15. The second kappa shape index (κ2) is 7.06. The van der Waals surface area contributed by atoms with Crippen molar-refractivity contribution in [2.45, 2.75) is 44.7 Å². The standard InChI is InChI=1S/C15H21BrN2O/c1-11(10-12-5-7-13(16)8-6-12)18-14-4-2-3-9-17-15(14)19/h5-8,11,14,18H,2-4,9-10H2,1H3,(H,17,19). The van der Waals surface area contributed by atoms with E-state index in [0.717, 1.165) is 36.7 Å². The molecule has 2 atom stereocenters. The van der Waals surface area contributed by atoms with Gasteiger partial charge in [-0.3, -0.25) is 4.79 Å². The molecule has 0 bridgehead atoms. The number of hydrogen-bond donors (Lipinski definition) is 2. The third-order valence-electron chi connectivity index (χ3n) is 3.48. The smallest absolute Gasteiger partial charge is 0.237 e. The summed E-state index contributed by atoms with van der Waals surface area (Å²) in [5.74, 6) is 0.153. The lowest BCUT2D eigenvalue weighted by Gasteiger charge is -2.21. The number of rotatable bonds is 4. The van der Waals surface area contributed by atoms with Gasteiger partial charge in [-0.1, -0.05) is 28.1 Å². The van der Waals surface area contributed by atoms with E-state index < -0.39 is 0 Å². The van der Waals surface area contributed by atoms with Gasteiger partial charge in [-0.25, -0.2) is 0 Å². The number of hydrogen-bond acceptors (Lipinski definition) is 2. The van der Waals surface area contributed by atoms with Gasteiger partial charge in [0.1, 0.15) is 0 Å². The number of carbonyl (C=O) groups is 1. The predicted molar refractivity (Wildman–Crippen MR) is 81.1 cm³/mol. The molecule has 1 aromatic carbocycles. The van der Waals surface area contributed by atoms with E-state index in [4.69, 9.17) is 0 Å². The Hall–Kier alpha value is -0.870. The second-order valence-corrected chi connectivity index (χ2v) is 6.15. The topological polar surface area (TPSA) is 41.1 Å². The first kappa shape index (κ1) is 14.5. The first-order valence-corrected chi connectivity index (χ1v) is 7.72. The maximum atomic E-state index is 11.9. The van der Waals surface area contributed by atoms with Gasteiger partial charge in [-0.2, -0.15) is 0 Å². The summed E-state index contributed by atoms with van der Waals surface area (Å²) in [6.45, 7) is 2.96. The van der Waals surface area contributed by atoms with Crippen LogP contribution >= 0.6 is 15.9 Å². The molecule has 1 saturated heterocycles. The Bertz CT molecular complexity index is 419. The SMILES string of the molecule is CC(Cc1ccc(Br)cc1)NC1CCCCNC1=O. The zero-order chi connectivity index (χ0) is 13.7. The summed E-state index contributed by atoms with van der Waals surface area (Å²) in [6, 6.07) is 8.62. The fraction of sp³-hybridized carbons (Fsp3) is 0.533. The minimum atomic E-state index is -0.0343. The lowest BCUT2D eigenvalue weighted by Crippen LogP contribution is -2.47. The van der Waals surface area contributed by atoms with Crippen LogP contribution in [0.3, 0.4) is 0 Å². The summed E-state index contributed by atoms with van der Waals surface area (Å²) in [5, 5.41) is 6.41. The minimum Gasteiger partial charge on any atom is -0.355 e. The van der Waals surface area contributed by atoms with Crippen LogP contribution in [0, 0.1) is 0 Å². The fourth-order valence-electron chi connectivity index (χ4n) is 2.47. The molecular formula is C15H21BrN2O. The number of halogens is 1. The van der Waals surface area contributed by atoms with Gasteiger partial charge >= 0.3 is 0 Å². The molecule has 1 amide bonds. The van der Waals surface area contributed by atoms with E-state index >= 15 is 0 Å². The normalized spacial score (nSPS) is 21.6.